The van der Waals surface area contributed by atoms with Crippen LogP contribution in [0.4, 0.5) is 5.69 Å². The van der Waals surface area contributed by atoms with Gasteiger partial charge < -0.3 is 4.74 Å². The number of hydrazone groups is 1. The van der Waals surface area contributed by atoms with Crippen molar-refractivity contribution in [3.8, 4) is 5.75 Å². The van der Waals surface area contributed by atoms with Crippen molar-refractivity contribution in [1.82, 2.24) is 5.43 Å². The Morgan fingerprint density at radius 1 is 1.00 bits per heavy atom. The maximum Gasteiger partial charge on any atom is 0.343 e. The Kier molecular flexibility index (Phi) is 6.63. The van der Waals surface area contributed by atoms with Crippen molar-refractivity contribution in [2.24, 2.45) is 5.10 Å². The van der Waals surface area contributed by atoms with Crippen LogP contribution in [0.1, 0.15) is 21.5 Å². The predicted octanol–water partition coefficient (Wildman–Crippen LogP) is 3.51. The summed E-state index contributed by atoms with van der Waals surface area (Å²) in [5.41, 5.74) is 4.02. The minimum Gasteiger partial charge on any atom is -0.423 e. The minimum absolute atomic E-state index is 0.112. The van der Waals surface area contributed by atoms with E-state index >= 15 is 0 Å². The van der Waals surface area contributed by atoms with Gasteiger partial charge >= 0.3 is 5.97 Å². The molecule has 0 spiro atoms. The summed E-state index contributed by atoms with van der Waals surface area (Å²) in [5, 5.41) is 14.6. The lowest BCUT2D eigenvalue weighted by atomic mass is 10.1. The van der Waals surface area contributed by atoms with Gasteiger partial charge in [0.25, 0.3) is 5.69 Å². The highest BCUT2D eigenvalue weighted by Crippen LogP contribution is 2.16. The zero-order valence-corrected chi connectivity index (χ0v) is 15.7. The van der Waals surface area contributed by atoms with Crippen LogP contribution in [0.5, 0.6) is 5.75 Å². The van der Waals surface area contributed by atoms with E-state index in [-0.39, 0.29) is 29.3 Å². The summed E-state index contributed by atoms with van der Waals surface area (Å²) in [7, 11) is 0. The van der Waals surface area contributed by atoms with E-state index in [1.54, 1.807) is 24.3 Å². The molecule has 0 fully saturated rings. The third kappa shape index (κ3) is 5.83. The molecule has 1 amide bonds. The van der Waals surface area contributed by atoms with E-state index in [2.05, 4.69) is 10.5 Å². The molecule has 150 valence electrons. The van der Waals surface area contributed by atoms with E-state index in [4.69, 9.17) is 4.74 Å². The standard InChI is InChI=1S/C22H17N3O5/c26-21(14-16-5-2-1-3-6-16)24-23-15-17-7-4-8-20(13-17)30-22(27)18-9-11-19(12-10-18)25(28)29/h1-13,15H,14H2,(H,24,26)/b23-15+. The first-order valence-corrected chi connectivity index (χ1v) is 8.94. The number of nitro benzene ring substituents is 1. The molecule has 0 aliphatic heterocycles. The Hall–Kier alpha value is -4.33. The minimum atomic E-state index is -0.643. The van der Waals surface area contributed by atoms with Gasteiger partial charge in [-0.25, -0.2) is 10.2 Å². The topological polar surface area (TPSA) is 111 Å². The molecule has 3 aromatic rings. The van der Waals surface area contributed by atoms with Crippen LogP contribution in [-0.4, -0.2) is 23.0 Å². The molecule has 1 N–H and O–H groups in total. The van der Waals surface area contributed by atoms with E-state index in [1.807, 2.05) is 30.3 Å². The molecule has 0 atom stereocenters. The monoisotopic (exact) mass is 403 g/mol. The fourth-order valence-electron chi connectivity index (χ4n) is 2.54. The quantitative estimate of drug-likeness (QED) is 0.213. The van der Waals surface area contributed by atoms with Gasteiger partial charge in [0, 0.05) is 12.1 Å². The van der Waals surface area contributed by atoms with Crippen LogP contribution in [0.2, 0.25) is 0 Å². The molecular weight excluding hydrogens is 386 g/mol. The van der Waals surface area contributed by atoms with Crippen molar-refractivity contribution in [3.05, 3.63) is 106 Å². The van der Waals surface area contributed by atoms with Gasteiger partial charge in [-0.3, -0.25) is 14.9 Å². The SMILES string of the molecule is O=C(Cc1ccccc1)N/N=C/c1cccc(OC(=O)c2ccc([N+](=O)[O-])cc2)c1. The molecular formula is C22H17N3O5. The lowest BCUT2D eigenvalue weighted by molar-refractivity contribution is -0.384. The molecule has 0 bridgehead atoms. The van der Waals surface area contributed by atoms with Gasteiger partial charge in [-0.15, -0.1) is 0 Å². The molecule has 0 aliphatic rings. The molecule has 0 unspecified atom stereocenters. The van der Waals surface area contributed by atoms with Crippen molar-refractivity contribution in [2.45, 2.75) is 6.42 Å². The van der Waals surface area contributed by atoms with Gasteiger partial charge in [-0.05, 0) is 35.4 Å². The zero-order valence-electron chi connectivity index (χ0n) is 15.7. The molecule has 0 aliphatic carbocycles. The van der Waals surface area contributed by atoms with Crippen LogP contribution in [0, 0.1) is 10.1 Å². The molecule has 0 saturated carbocycles. The highest BCUT2D eigenvalue weighted by Gasteiger charge is 2.11. The van der Waals surface area contributed by atoms with Crippen LogP contribution < -0.4 is 10.2 Å². The smallest absolute Gasteiger partial charge is 0.343 e. The molecule has 0 heterocycles. The molecule has 3 rings (SSSR count). The first-order valence-electron chi connectivity index (χ1n) is 8.94. The van der Waals surface area contributed by atoms with Crippen LogP contribution in [0.3, 0.4) is 0 Å². The van der Waals surface area contributed by atoms with E-state index in [1.165, 1.54) is 30.5 Å². The Labute approximate surface area is 172 Å². The van der Waals surface area contributed by atoms with Crippen LogP contribution in [-0.2, 0) is 11.2 Å². The average Bonchev–Trinajstić information content (AvgIpc) is 2.75. The van der Waals surface area contributed by atoms with Gasteiger partial charge in [0.2, 0.25) is 5.91 Å². The highest BCUT2D eigenvalue weighted by atomic mass is 16.6. The average molecular weight is 403 g/mol. The van der Waals surface area contributed by atoms with Crippen LogP contribution in [0.15, 0.2) is 84.0 Å². The van der Waals surface area contributed by atoms with Crippen molar-refractivity contribution >= 4 is 23.8 Å². The fourth-order valence-corrected chi connectivity index (χ4v) is 2.54. The van der Waals surface area contributed by atoms with Crippen LogP contribution in [0.25, 0.3) is 0 Å². The molecule has 8 heteroatoms. The molecule has 0 aromatic heterocycles. The summed E-state index contributed by atoms with van der Waals surface area (Å²) in [4.78, 5) is 34.2. The Balaban J connectivity index is 1.57. The predicted molar refractivity (Wildman–Crippen MR) is 110 cm³/mol. The molecule has 3 aromatic carbocycles. The van der Waals surface area contributed by atoms with Crippen molar-refractivity contribution in [2.75, 3.05) is 0 Å². The van der Waals surface area contributed by atoms with Crippen LogP contribution >= 0.6 is 0 Å². The number of nitrogens with zero attached hydrogens (tertiary/aromatic N) is 2. The maximum atomic E-state index is 12.2. The Morgan fingerprint density at radius 2 is 1.73 bits per heavy atom. The van der Waals surface area contributed by atoms with Crippen molar-refractivity contribution < 1.29 is 19.2 Å². The summed E-state index contributed by atoms with van der Waals surface area (Å²) in [6.07, 6.45) is 1.65. The summed E-state index contributed by atoms with van der Waals surface area (Å²) in [5.74, 6) is -0.619. The number of hydrogen-bond acceptors (Lipinski definition) is 6. The second kappa shape index (κ2) is 9.74. The number of non-ortho nitro benzene ring substituents is 1. The number of nitrogens with one attached hydrogen (secondary N) is 1. The lowest BCUT2D eigenvalue weighted by Gasteiger charge is -2.05. The molecule has 30 heavy (non-hydrogen) atoms. The van der Waals surface area contributed by atoms with Gasteiger partial charge in [0.05, 0.1) is 23.1 Å². The number of rotatable bonds is 7. The maximum absolute atomic E-state index is 12.2. The second-order valence-electron chi connectivity index (χ2n) is 6.22. The summed E-state index contributed by atoms with van der Waals surface area (Å²) < 4.78 is 5.29. The largest absolute Gasteiger partial charge is 0.423 e. The summed E-state index contributed by atoms with van der Waals surface area (Å²) in [6, 6.07) is 21.0. The van der Waals surface area contributed by atoms with Gasteiger partial charge in [0.15, 0.2) is 0 Å². The number of carbonyl (C=O) groups excluding carboxylic acids is 2. The zero-order chi connectivity index (χ0) is 21.3. The first kappa shape index (κ1) is 20.4. The van der Waals surface area contributed by atoms with E-state index in [0.717, 1.165) is 5.56 Å². The van der Waals surface area contributed by atoms with Gasteiger partial charge in [-0.1, -0.05) is 42.5 Å². The van der Waals surface area contributed by atoms with Gasteiger partial charge in [0.1, 0.15) is 5.75 Å². The number of benzene rings is 3. The Bertz CT molecular complexity index is 1080. The van der Waals surface area contributed by atoms with E-state index in [0.29, 0.717) is 5.56 Å². The first-order chi connectivity index (χ1) is 14.5. The normalized spacial score (nSPS) is 10.5. The Morgan fingerprint density at radius 3 is 2.43 bits per heavy atom. The molecule has 8 nitrogen and oxygen atoms in total. The number of esters is 1. The van der Waals surface area contributed by atoms with Crippen molar-refractivity contribution in [3.63, 3.8) is 0 Å². The number of ether oxygens (including phenoxy) is 1. The number of nitro groups is 1. The van der Waals surface area contributed by atoms with E-state index in [9.17, 15) is 19.7 Å². The lowest BCUT2D eigenvalue weighted by Crippen LogP contribution is -2.19. The fraction of sp³-hybridized carbons (Fsp3) is 0.0455. The number of carbonyl (C=O) groups is 2. The number of amides is 1. The van der Waals surface area contributed by atoms with Gasteiger partial charge in [-0.2, -0.15) is 5.10 Å². The van der Waals surface area contributed by atoms with E-state index < -0.39 is 10.9 Å². The molecule has 0 saturated heterocycles. The third-order valence-electron chi connectivity index (χ3n) is 3.99. The second-order valence-corrected chi connectivity index (χ2v) is 6.22. The summed E-state index contributed by atoms with van der Waals surface area (Å²) >= 11 is 0. The number of hydrogen-bond donors (Lipinski definition) is 1. The highest BCUT2D eigenvalue weighted by molar-refractivity contribution is 5.91. The molecule has 0 radical (unpaired) electrons. The summed E-state index contributed by atoms with van der Waals surface area (Å²) in [6.45, 7) is 0. The van der Waals surface area contributed by atoms with Crippen molar-refractivity contribution in [1.29, 1.82) is 0 Å². The third-order valence-corrected chi connectivity index (χ3v) is 3.99.